The summed E-state index contributed by atoms with van der Waals surface area (Å²) >= 11 is 1.60. The van der Waals surface area contributed by atoms with Crippen molar-refractivity contribution >= 4 is 23.7 Å². The maximum atomic E-state index is 12.9. The number of carbonyl (C=O) groups is 1. The van der Waals surface area contributed by atoms with Crippen LogP contribution in [0.15, 0.2) is 53.3 Å². The zero-order valence-corrected chi connectivity index (χ0v) is 19.2. The minimum atomic E-state index is -0.443. The smallest absolute Gasteiger partial charge is 0.338 e. The minimum absolute atomic E-state index is 0.147. The number of esters is 1. The molecule has 1 unspecified atom stereocenters. The Bertz CT molecular complexity index is 937. The molecule has 0 amide bonds. The van der Waals surface area contributed by atoms with E-state index >= 15 is 0 Å². The lowest BCUT2D eigenvalue weighted by Crippen LogP contribution is -2.29. The van der Waals surface area contributed by atoms with E-state index in [4.69, 9.17) is 9.47 Å². The summed E-state index contributed by atoms with van der Waals surface area (Å²) < 4.78 is 12.9. The summed E-state index contributed by atoms with van der Waals surface area (Å²) in [5.41, 5.74) is 2.12. The fourth-order valence-corrected chi connectivity index (χ4v) is 3.93. The van der Waals surface area contributed by atoms with Crippen molar-refractivity contribution in [1.82, 2.24) is 14.8 Å². The van der Waals surface area contributed by atoms with Crippen LogP contribution in [0.5, 0.6) is 5.75 Å². The molecule has 1 aromatic heterocycles. The third kappa shape index (κ3) is 5.50. The SMILES string of the molecule is C=CCOC(=O)C1=C(C)Nc2nc(SCCC)nn2C1c1ccc(OCCCC)cc1. The molecule has 2 heterocycles. The fourth-order valence-electron chi connectivity index (χ4n) is 3.25. The van der Waals surface area contributed by atoms with Gasteiger partial charge in [-0.2, -0.15) is 4.98 Å². The van der Waals surface area contributed by atoms with Gasteiger partial charge in [-0.05, 0) is 37.5 Å². The van der Waals surface area contributed by atoms with Crippen molar-refractivity contribution in [3.05, 3.63) is 53.8 Å². The number of fused-ring (bicyclic) bond motifs is 1. The maximum absolute atomic E-state index is 12.9. The predicted molar refractivity (Wildman–Crippen MR) is 123 cm³/mol. The molecule has 3 rings (SSSR count). The number of thioether (sulfide) groups is 1. The molecule has 0 saturated heterocycles. The summed E-state index contributed by atoms with van der Waals surface area (Å²) in [7, 11) is 0. The summed E-state index contributed by atoms with van der Waals surface area (Å²) in [6.45, 7) is 10.6. The number of carbonyl (C=O) groups excluding carboxylic acids is 1. The van der Waals surface area contributed by atoms with Crippen LogP contribution in [-0.2, 0) is 9.53 Å². The van der Waals surface area contributed by atoms with Gasteiger partial charge < -0.3 is 14.8 Å². The Kier molecular flexibility index (Phi) is 8.17. The van der Waals surface area contributed by atoms with E-state index in [9.17, 15) is 4.79 Å². The number of ether oxygens (including phenoxy) is 2. The van der Waals surface area contributed by atoms with Crippen molar-refractivity contribution in [2.24, 2.45) is 0 Å². The van der Waals surface area contributed by atoms with E-state index in [0.29, 0.717) is 29.0 Å². The molecular formula is C23H30N4O3S. The van der Waals surface area contributed by atoms with Crippen LogP contribution >= 0.6 is 11.8 Å². The Balaban J connectivity index is 1.96. The number of nitrogens with one attached hydrogen (secondary N) is 1. The van der Waals surface area contributed by atoms with Crippen LogP contribution in [0.3, 0.4) is 0 Å². The molecule has 0 aliphatic carbocycles. The predicted octanol–water partition coefficient (Wildman–Crippen LogP) is 4.98. The highest BCUT2D eigenvalue weighted by Crippen LogP contribution is 2.37. The van der Waals surface area contributed by atoms with Crippen LogP contribution in [0.1, 0.15) is 51.6 Å². The summed E-state index contributed by atoms with van der Waals surface area (Å²) in [6, 6.07) is 7.35. The van der Waals surface area contributed by atoms with Crippen LogP contribution in [0.25, 0.3) is 0 Å². The van der Waals surface area contributed by atoms with Gasteiger partial charge in [-0.15, -0.1) is 5.10 Å². The molecule has 8 heteroatoms. The Labute approximate surface area is 187 Å². The highest BCUT2D eigenvalue weighted by molar-refractivity contribution is 7.99. The van der Waals surface area contributed by atoms with Crippen molar-refractivity contribution in [3.63, 3.8) is 0 Å². The average Bonchev–Trinajstić information content (AvgIpc) is 3.18. The van der Waals surface area contributed by atoms with Gasteiger partial charge in [0.15, 0.2) is 0 Å². The second-order valence-electron chi connectivity index (χ2n) is 7.24. The zero-order chi connectivity index (χ0) is 22.2. The molecule has 1 aliphatic rings. The van der Waals surface area contributed by atoms with Crippen LogP contribution in [0.2, 0.25) is 0 Å². The third-order valence-electron chi connectivity index (χ3n) is 4.78. The monoisotopic (exact) mass is 442 g/mol. The van der Waals surface area contributed by atoms with Crippen molar-refractivity contribution in [2.75, 3.05) is 24.3 Å². The maximum Gasteiger partial charge on any atom is 0.338 e. The van der Waals surface area contributed by atoms with Crippen molar-refractivity contribution < 1.29 is 14.3 Å². The molecule has 0 fully saturated rings. The van der Waals surface area contributed by atoms with E-state index in [-0.39, 0.29) is 6.61 Å². The Morgan fingerprint density at radius 2 is 2.06 bits per heavy atom. The van der Waals surface area contributed by atoms with E-state index in [0.717, 1.165) is 36.3 Å². The molecule has 0 saturated carbocycles. The Morgan fingerprint density at radius 1 is 1.29 bits per heavy atom. The van der Waals surface area contributed by atoms with Gasteiger partial charge in [-0.1, -0.05) is 56.8 Å². The first-order valence-corrected chi connectivity index (χ1v) is 11.7. The van der Waals surface area contributed by atoms with E-state index in [1.54, 1.807) is 22.5 Å². The number of rotatable bonds is 11. The molecule has 166 valence electrons. The standard InChI is InChI=1S/C23H30N4O3S/c1-5-8-14-29-18-11-9-17(10-12-18)20-19(21(28)30-13-6-2)16(4)24-22-25-23(26-27(20)22)31-15-7-3/h6,9-12,20H,2,5,7-8,13-15H2,1,3-4H3,(H,24,25,26). The molecule has 2 aromatic rings. The van der Waals surface area contributed by atoms with E-state index in [2.05, 4.69) is 35.8 Å². The lowest BCUT2D eigenvalue weighted by atomic mass is 9.96. The van der Waals surface area contributed by atoms with Crippen LogP contribution in [0, 0.1) is 0 Å². The third-order valence-corrected chi connectivity index (χ3v) is 5.83. The Hall–Kier alpha value is -2.74. The van der Waals surface area contributed by atoms with Crippen molar-refractivity contribution in [1.29, 1.82) is 0 Å². The van der Waals surface area contributed by atoms with Crippen LogP contribution < -0.4 is 10.1 Å². The van der Waals surface area contributed by atoms with Gasteiger partial charge in [0.05, 0.1) is 12.2 Å². The van der Waals surface area contributed by atoms with Crippen LogP contribution in [-0.4, -0.2) is 39.7 Å². The average molecular weight is 443 g/mol. The molecule has 31 heavy (non-hydrogen) atoms. The minimum Gasteiger partial charge on any atom is -0.494 e. The van der Waals surface area contributed by atoms with E-state index in [1.165, 1.54) is 0 Å². The van der Waals surface area contributed by atoms with Gasteiger partial charge in [0.1, 0.15) is 18.4 Å². The van der Waals surface area contributed by atoms with Crippen LogP contribution in [0.4, 0.5) is 5.95 Å². The topological polar surface area (TPSA) is 78.3 Å². The molecule has 1 N–H and O–H groups in total. The fraction of sp³-hybridized carbons (Fsp3) is 0.435. The summed E-state index contributed by atoms with van der Waals surface area (Å²) in [5, 5.41) is 8.59. The molecule has 0 radical (unpaired) electrons. The van der Waals surface area contributed by atoms with Gasteiger partial charge in [0.2, 0.25) is 11.1 Å². The molecule has 1 atom stereocenters. The number of hydrogen-bond donors (Lipinski definition) is 1. The number of unbranched alkanes of at least 4 members (excludes halogenated alkanes) is 1. The second-order valence-corrected chi connectivity index (χ2v) is 8.30. The Morgan fingerprint density at radius 3 is 2.74 bits per heavy atom. The number of hydrogen-bond acceptors (Lipinski definition) is 7. The van der Waals surface area contributed by atoms with E-state index in [1.807, 2.05) is 31.2 Å². The van der Waals surface area contributed by atoms with E-state index < -0.39 is 12.0 Å². The van der Waals surface area contributed by atoms with Crippen molar-refractivity contribution in [2.45, 2.75) is 51.2 Å². The zero-order valence-electron chi connectivity index (χ0n) is 18.4. The van der Waals surface area contributed by atoms with Gasteiger partial charge in [0, 0.05) is 11.4 Å². The van der Waals surface area contributed by atoms with Gasteiger partial charge in [-0.3, -0.25) is 0 Å². The normalized spacial score (nSPS) is 15.3. The van der Waals surface area contributed by atoms with Gasteiger partial charge in [-0.25, -0.2) is 9.48 Å². The van der Waals surface area contributed by atoms with Crippen molar-refractivity contribution in [3.8, 4) is 5.75 Å². The number of anilines is 1. The van der Waals surface area contributed by atoms with Gasteiger partial charge >= 0.3 is 5.97 Å². The molecular weight excluding hydrogens is 412 g/mol. The number of allylic oxidation sites excluding steroid dienone is 1. The highest BCUT2D eigenvalue weighted by atomic mass is 32.2. The first kappa shape index (κ1) is 22.9. The molecule has 0 spiro atoms. The molecule has 1 aromatic carbocycles. The molecule has 0 bridgehead atoms. The largest absolute Gasteiger partial charge is 0.494 e. The molecule has 7 nitrogen and oxygen atoms in total. The quantitative estimate of drug-likeness (QED) is 0.228. The lowest BCUT2D eigenvalue weighted by molar-refractivity contribution is -0.138. The summed E-state index contributed by atoms with van der Waals surface area (Å²) in [6.07, 6.45) is 4.68. The first-order valence-electron chi connectivity index (χ1n) is 10.7. The second kappa shape index (κ2) is 11.0. The van der Waals surface area contributed by atoms with Gasteiger partial charge in [0.25, 0.3) is 0 Å². The number of nitrogens with zero attached hydrogens (tertiary/aromatic N) is 3. The summed E-state index contributed by atoms with van der Waals surface area (Å²) in [4.78, 5) is 17.5. The number of benzene rings is 1. The molecule has 1 aliphatic heterocycles. The highest BCUT2D eigenvalue weighted by Gasteiger charge is 2.35. The number of aromatic nitrogens is 3. The first-order chi connectivity index (χ1) is 15.1. The summed E-state index contributed by atoms with van der Waals surface area (Å²) in [5.74, 6) is 1.95. The lowest BCUT2D eigenvalue weighted by Gasteiger charge is -2.28.